The molecule has 2 fully saturated rings. The van der Waals surface area contributed by atoms with Crippen molar-refractivity contribution in [3.8, 4) is 0 Å². The van der Waals surface area contributed by atoms with Crippen molar-refractivity contribution in [1.82, 2.24) is 0 Å². The van der Waals surface area contributed by atoms with E-state index in [1.807, 2.05) is 0 Å². The average Bonchev–Trinajstić information content (AvgIpc) is 2.36. The standard InChI is InChI=1S/C10H17Cl/c1-9(2)7-4-5-10(3,6-7)8(9)11/h7-8H,4-6H2,1-3H3/t7-,8-,10+/m1/s1. The summed E-state index contributed by atoms with van der Waals surface area (Å²) >= 11 is 6.44. The molecule has 64 valence electrons. The van der Waals surface area contributed by atoms with Crippen molar-refractivity contribution in [2.24, 2.45) is 16.7 Å². The van der Waals surface area contributed by atoms with Crippen LogP contribution >= 0.6 is 11.6 Å². The van der Waals surface area contributed by atoms with Gasteiger partial charge in [-0.2, -0.15) is 0 Å². The Hall–Kier alpha value is 0.290. The zero-order valence-corrected chi connectivity index (χ0v) is 8.41. The molecule has 0 nitrogen and oxygen atoms in total. The highest BCUT2D eigenvalue weighted by Crippen LogP contribution is 2.64. The minimum Gasteiger partial charge on any atom is -0.122 e. The van der Waals surface area contributed by atoms with Gasteiger partial charge >= 0.3 is 0 Å². The van der Waals surface area contributed by atoms with Crippen LogP contribution in [0.25, 0.3) is 0 Å². The maximum absolute atomic E-state index is 6.44. The Labute approximate surface area is 74.3 Å². The summed E-state index contributed by atoms with van der Waals surface area (Å²) in [5.41, 5.74) is 0.865. The minimum atomic E-state index is 0.397. The van der Waals surface area contributed by atoms with Crippen LogP contribution in [0.5, 0.6) is 0 Å². The van der Waals surface area contributed by atoms with Gasteiger partial charge in [0, 0.05) is 5.38 Å². The molecule has 0 N–H and O–H groups in total. The van der Waals surface area contributed by atoms with Gasteiger partial charge in [0.2, 0.25) is 0 Å². The summed E-state index contributed by atoms with van der Waals surface area (Å²) < 4.78 is 0. The van der Waals surface area contributed by atoms with Gasteiger partial charge in [0.15, 0.2) is 0 Å². The fraction of sp³-hybridized carbons (Fsp3) is 1.00. The topological polar surface area (TPSA) is 0 Å². The van der Waals surface area contributed by atoms with Crippen LogP contribution in [-0.2, 0) is 0 Å². The van der Waals surface area contributed by atoms with Crippen molar-refractivity contribution in [1.29, 1.82) is 0 Å². The molecule has 2 aliphatic rings. The molecule has 0 spiro atoms. The maximum Gasteiger partial charge on any atom is 0.0443 e. The Morgan fingerprint density at radius 3 is 2.18 bits per heavy atom. The van der Waals surface area contributed by atoms with Gasteiger partial charge < -0.3 is 0 Å². The molecule has 0 aromatic rings. The Morgan fingerprint density at radius 1 is 1.27 bits per heavy atom. The lowest BCUT2D eigenvalue weighted by molar-refractivity contribution is 0.190. The van der Waals surface area contributed by atoms with Crippen LogP contribution < -0.4 is 0 Å². The molecule has 0 heterocycles. The smallest absolute Gasteiger partial charge is 0.0443 e. The van der Waals surface area contributed by atoms with Crippen molar-refractivity contribution in [2.75, 3.05) is 0 Å². The van der Waals surface area contributed by atoms with Crippen molar-refractivity contribution in [2.45, 2.75) is 45.4 Å². The third-order valence-corrected chi connectivity index (χ3v) is 5.18. The summed E-state index contributed by atoms with van der Waals surface area (Å²) in [5, 5.41) is 0.411. The molecule has 0 saturated heterocycles. The second kappa shape index (κ2) is 1.96. The van der Waals surface area contributed by atoms with E-state index in [4.69, 9.17) is 11.6 Å². The number of halogens is 1. The van der Waals surface area contributed by atoms with Gasteiger partial charge in [-0.05, 0) is 36.0 Å². The van der Waals surface area contributed by atoms with E-state index < -0.39 is 0 Å². The Bertz CT molecular complexity index is 181. The molecule has 11 heavy (non-hydrogen) atoms. The van der Waals surface area contributed by atoms with E-state index >= 15 is 0 Å². The van der Waals surface area contributed by atoms with Crippen LogP contribution in [0, 0.1) is 16.7 Å². The number of alkyl halides is 1. The number of rotatable bonds is 0. The second-order valence-corrected chi connectivity index (χ2v) is 5.71. The fourth-order valence-corrected chi connectivity index (χ4v) is 3.62. The summed E-state index contributed by atoms with van der Waals surface area (Å²) in [7, 11) is 0. The normalized spacial score (nSPS) is 53.5. The van der Waals surface area contributed by atoms with Crippen molar-refractivity contribution in [3.63, 3.8) is 0 Å². The van der Waals surface area contributed by atoms with Gasteiger partial charge in [-0.1, -0.05) is 20.8 Å². The fourth-order valence-electron chi connectivity index (χ4n) is 3.24. The van der Waals surface area contributed by atoms with E-state index in [1.165, 1.54) is 19.3 Å². The molecule has 0 aromatic carbocycles. The van der Waals surface area contributed by atoms with Gasteiger partial charge in [0.05, 0.1) is 0 Å². The van der Waals surface area contributed by atoms with Crippen molar-refractivity contribution in [3.05, 3.63) is 0 Å². The van der Waals surface area contributed by atoms with Crippen LogP contribution in [0.3, 0.4) is 0 Å². The molecular formula is C10H17Cl. The summed E-state index contributed by atoms with van der Waals surface area (Å²) in [4.78, 5) is 0. The van der Waals surface area contributed by atoms with Gasteiger partial charge in [0.1, 0.15) is 0 Å². The summed E-state index contributed by atoms with van der Waals surface area (Å²) in [6.45, 7) is 7.03. The summed E-state index contributed by atoms with van der Waals surface area (Å²) in [6, 6.07) is 0. The van der Waals surface area contributed by atoms with Gasteiger partial charge in [-0.3, -0.25) is 0 Å². The predicted octanol–water partition coefficient (Wildman–Crippen LogP) is 3.44. The molecule has 0 amide bonds. The number of fused-ring (bicyclic) bond motifs is 2. The third kappa shape index (κ3) is 0.824. The quantitative estimate of drug-likeness (QED) is 0.491. The van der Waals surface area contributed by atoms with E-state index in [2.05, 4.69) is 20.8 Å². The highest BCUT2D eigenvalue weighted by Gasteiger charge is 2.58. The maximum atomic E-state index is 6.44. The van der Waals surface area contributed by atoms with Crippen molar-refractivity contribution >= 4 is 11.6 Å². The molecule has 0 unspecified atom stereocenters. The molecule has 3 atom stereocenters. The van der Waals surface area contributed by atoms with Crippen LogP contribution in [-0.4, -0.2) is 5.38 Å². The van der Waals surface area contributed by atoms with Crippen LogP contribution in [0.4, 0.5) is 0 Å². The molecular weight excluding hydrogens is 156 g/mol. The van der Waals surface area contributed by atoms with E-state index in [9.17, 15) is 0 Å². The first-order valence-electron chi connectivity index (χ1n) is 4.61. The van der Waals surface area contributed by atoms with Gasteiger partial charge in [0.25, 0.3) is 0 Å². The first kappa shape index (κ1) is 7.91. The van der Waals surface area contributed by atoms with E-state index in [1.54, 1.807) is 0 Å². The molecule has 2 bridgehead atoms. The Kier molecular flexibility index (Phi) is 1.41. The first-order valence-corrected chi connectivity index (χ1v) is 5.04. The average molecular weight is 173 g/mol. The molecule has 0 aliphatic heterocycles. The second-order valence-electron chi connectivity index (χ2n) is 5.28. The SMILES string of the molecule is CC1(C)[C@@H]2CC[C@@](C)(C2)[C@@H]1Cl. The largest absolute Gasteiger partial charge is 0.122 e. The highest BCUT2D eigenvalue weighted by atomic mass is 35.5. The van der Waals surface area contributed by atoms with E-state index in [0.717, 1.165) is 5.92 Å². The minimum absolute atomic E-state index is 0.397. The first-order chi connectivity index (χ1) is 4.97. The van der Waals surface area contributed by atoms with Crippen molar-refractivity contribution < 1.29 is 0 Å². The molecule has 2 aliphatic carbocycles. The van der Waals surface area contributed by atoms with Gasteiger partial charge in [-0.25, -0.2) is 0 Å². The van der Waals surface area contributed by atoms with Gasteiger partial charge in [-0.15, -0.1) is 11.6 Å². The number of hydrogen-bond donors (Lipinski definition) is 0. The predicted molar refractivity (Wildman–Crippen MR) is 48.9 cm³/mol. The lowest BCUT2D eigenvalue weighted by Crippen LogP contribution is -2.35. The Balaban J connectivity index is 2.34. The lowest BCUT2D eigenvalue weighted by atomic mass is 9.72. The van der Waals surface area contributed by atoms with Crippen LogP contribution in [0.2, 0.25) is 0 Å². The monoisotopic (exact) mass is 172 g/mol. The van der Waals surface area contributed by atoms with Crippen LogP contribution in [0.1, 0.15) is 40.0 Å². The zero-order valence-electron chi connectivity index (χ0n) is 7.65. The molecule has 0 aromatic heterocycles. The third-order valence-electron chi connectivity index (χ3n) is 4.09. The molecule has 2 rings (SSSR count). The highest BCUT2D eigenvalue weighted by molar-refractivity contribution is 6.21. The Morgan fingerprint density at radius 2 is 1.91 bits per heavy atom. The lowest BCUT2D eigenvalue weighted by Gasteiger charge is -2.38. The van der Waals surface area contributed by atoms with Crippen LogP contribution in [0.15, 0.2) is 0 Å². The molecule has 2 saturated carbocycles. The molecule has 0 radical (unpaired) electrons. The van der Waals surface area contributed by atoms with E-state index in [0.29, 0.717) is 16.2 Å². The number of hydrogen-bond acceptors (Lipinski definition) is 0. The summed E-state index contributed by atoms with van der Waals surface area (Å²) in [6.07, 6.45) is 4.14. The molecule has 1 heteroatoms. The summed E-state index contributed by atoms with van der Waals surface area (Å²) in [5.74, 6) is 0.898. The van der Waals surface area contributed by atoms with E-state index in [-0.39, 0.29) is 0 Å². The zero-order chi connectivity index (χ0) is 8.28.